The van der Waals surface area contributed by atoms with Crippen molar-refractivity contribution in [1.29, 1.82) is 0 Å². The van der Waals surface area contributed by atoms with Crippen LogP contribution in [-0.2, 0) is 13.1 Å². The van der Waals surface area contributed by atoms with Gasteiger partial charge >= 0.3 is 0 Å². The minimum absolute atomic E-state index is 0.215. The van der Waals surface area contributed by atoms with Gasteiger partial charge in [0.05, 0.1) is 6.54 Å². The monoisotopic (exact) mass is 290 g/mol. The van der Waals surface area contributed by atoms with Gasteiger partial charge in [0.1, 0.15) is 17.3 Å². The van der Waals surface area contributed by atoms with E-state index in [4.69, 9.17) is 4.42 Å². The van der Waals surface area contributed by atoms with E-state index in [-0.39, 0.29) is 5.82 Å². The van der Waals surface area contributed by atoms with E-state index < -0.39 is 0 Å². The number of furan rings is 1. The molecule has 0 saturated heterocycles. The second kappa shape index (κ2) is 7.27. The Balaban J connectivity index is 2.02. The molecule has 0 unspecified atom stereocenters. The van der Waals surface area contributed by atoms with Gasteiger partial charge in [-0.15, -0.1) is 0 Å². The molecule has 1 aromatic carbocycles. The van der Waals surface area contributed by atoms with E-state index in [9.17, 15) is 4.39 Å². The summed E-state index contributed by atoms with van der Waals surface area (Å²) >= 11 is 0. The number of anilines is 1. The second-order valence-corrected chi connectivity index (χ2v) is 5.31. The minimum atomic E-state index is -0.215. The summed E-state index contributed by atoms with van der Waals surface area (Å²) in [5, 5.41) is 3.33. The molecule has 0 saturated carbocycles. The van der Waals surface area contributed by atoms with E-state index in [1.54, 1.807) is 12.1 Å². The van der Waals surface area contributed by atoms with Gasteiger partial charge in [-0.3, -0.25) is 0 Å². The smallest absolute Gasteiger partial charge is 0.125 e. The molecule has 0 bridgehead atoms. The van der Waals surface area contributed by atoms with Gasteiger partial charge in [0, 0.05) is 24.8 Å². The van der Waals surface area contributed by atoms with Gasteiger partial charge in [0.2, 0.25) is 0 Å². The number of hydrogen-bond acceptors (Lipinski definition) is 3. The lowest BCUT2D eigenvalue weighted by molar-refractivity contribution is 0.460. The first-order valence-corrected chi connectivity index (χ1v) is 7.35. The summed E-state index contributed by atoms with van der Waals surface area (Å²) in [6, 6.07) is 8.70. The highest BCUT2D eigenvalue weighted by molar-refractivity contribution is 5.46. The molecule has 0 fully saturated rings. The summed E-state index contributed by atoms with van der Waals surface area (Å²) in [5.41, 5.74) is 2.00. The summed E-state index contributed by atoms with van der Waals surface area (Å²) in [6.45, 7) is 6.54. The quantitative estimate of drug-likeness (QED) is 0.785. The van der Waals surface area contributed by atoms with Crippen LogP contribution >= 0.6 is 0 Å². The lowest BCUT2D eigenvalue weighted by Crippen LogP contribution is -2.16. The molecule has 3 nitrogen and oxygen atoms in total. The van der Waals surface area contributed by atoms with Crippen LogP contribution in [-0.4, -0.2) is 13.6 Å². The Labute approximate surface area is 125 Å². The Morgan fingerprint density at radius 3 is 2.81 bits per heavy atom. The van der Waals surface area contributed by atoms with Gasteiger partial charge in [0.15, 0.2) is 0 Å². The van der Waals surface area contributed by atoms with Gasteiger partial charge in [-0.05, 0) is 44.2 Å². The maximum atomic E-state index is 13.3. The van der Waals surface area contributed by atoms with E-state index in [2.05, 4.69) is 18.3 Å². The molecule has 0 radical (unpaired) electrons. The Hall–Kier alpha value is -1.81. The molecule has 2 rings (SSSR count). The van der Waals surface area contributed by atoms with E-state index in [0.717, 1.165) is 42.3 Å². The summed E-state index contributed by atoms with van der Waals surface area (Å²) < 4.78 is 19.0. The minimum Gasteiger partial charge on any atom is -0.465 e. The zero-order valence-corrected chi connectivity index (χ0v) is 12.9. The second-order valence-electron chi connectivity index (χ2n) is 5.31. The van der Waals surface area contributed by atoms with Crippen LogP contribution < -0.4 is 10.2 Å². The zero-order valence-electron chi connectivity index (χ0n) is 12.9. The molecule has 0 aliphatic rings. The highest BCUT2D eigenvalue weighted by Crippen LogP contribution is 2.20. The van der Waals surface area contributed by atoms with Gasteiger partial charge in [-0.1, -0.05) is 13.0 Å². The largest absolute Gasteiger partial charge is 0.465 e. The van der Waals surface area contributed by atoms with Crippen LogP contribution in [0.3, 0.4) is 0 Å². The van der Waals surface area contributed by atoms with Gasteiger partial charge < -0.3 is 14.6 Å². The zero-order chi connectivity index (χ0) is 15.2. The number of aryl methyl sites for hydroxylation is 1. The van der Waals surface area contributed by atoms with Crippen molar-refractivity contribution in [2.45, 2.75) is 33.4 Å². The van der Waals surface area contributed by atoms with Crippen molar-refractivity contribution in [2.24, 2.45) is 0 Å². The Morgan fingerprint density at radius 1 is 1.29 bits per heavy atom. The number of nitrogens with zero attached hydrogens (tertiary/aromatic N) is 1. The van der Waals surface area contributed by atoms with Crippen molar-refractivity contribution >= 4 is 5.69 Å². The van der Waals surface area contributed by atoms with E-state index in [1.165, 1.54) is 6.07 Å². The molecular weight excluding hydrogens is 267 g/mol. The van der Waals surface area contributed by atoms with Gasteiger partial charge in [-0.25, -0.2) is 4.39 Å². The molecule has 0 aliphatic carbocycles. The summed E-state index contributed by atoms with van der Waals surface area (Å²) in [4.78, 5) is 2.02. The van der Waals surface area contributed by atoms with Crippen molar-refractivity contribution in [2.75, 3.05) is 18.5 Å². The SMILES string of the molecule is CCCNCc1cc(CN(C)c2cccc(F)c2)c(C)o1. The molecule has 1 heterocycles. The molecule has 114 valence electrons. The fourth-order valence-corrected chi connectivity index (χ4v) is 2.28. The molecule has 1 aromatic heterocycles. The van der Waals surface area contributed by atoms with Crippen LogP contribution in [0.15, 0.2) is 34.7 Å². The molecular formula is C17H23FN2O. The van der Waals surface area contributed by atoms with Crippen LogP contribution in [0.1, 0.15) is 30.4 Å². The first kappa shape index (κ1) is 15.6. The predicted octanol–water partition coefficient (Wildman–Crippen LogP) is 3.86. The van der Waals surface area contributed by atoms with Crippen molar-refractivity contribution in [3.05, 3.63) is 53.2 Å². The lowest BCUT2D eigenvalue weighted by Gasteiger charge is -2.18. The van der Waals surface area contributed by atoms with Crippen molar-refractivity contribution in [3.63, 3.8) is 0 Å². The molecule has 21 heavy (non-hydrogen) atoms. The lowest BCUT2D eigenvalue weighted by atomic mass is 10.2. The van der Waals surface area contributed by atoms with Crippen molar-refractivity contribution in [1.82, 2.24) is 5.32 Å². The maximum absolute atomic E-state index is 13.3. The molecule has 0 spiro atoms. The van der Waals surface area contributed by atoms with E-state index in [0.29, 0.717) is 6.54 Å². The number of nitrogens with one attached hydrogen (secondary N) is 1. The maximum Gasteiger partial charge on any atom is 0.125 e. The third-order valence-electron chi connectivity index (χ3n) is 3.45. The topological polar surface area (TPSA) is 28.4 Å². The Bertz CT molecular complexity index is 580. The Morgan fingerprint density at radius 2 is 2.10 bits per heavy atom. The summed E-state index contributed by atoms with van der Waals surface area (Å²) in [7, 11) is 1.95. The first-order chi connectivity index (χ1) is 10.1. The highest BCUT2D eigenvalue weighted by atomic mass is 19.1. The van der Waals surface area contributed by atoms with Crippen LogP contribution in [0.5, 0.6) is 0 Å². The summed E-state index contributed by atoms with van der Waals surface area (Å²) in [5.74, 6) is 1.66. The van der Waals surface area contributed by atoms with Crippen LogP contribution in [0.2, 0.25) is 0 Å². The third-order valence-corrected chi connectivity index (χ3v) is 3.45. The number of rotatable bonds is 7. The first-order valence-electron chi connectivity index (χ1n) is 7.35. The normalized spacial score (nSPS) is 10.9. The number of hydrogen-bond donors (Lipinski definition) is 1. The summed E-state index contributed by atoms with van der Waals surface area (Å²) in [6.07, 6.45) is 1.11. The van der Waals surface area contributed by atoms with Crippen LogP contribution in [0.25, 0.3) is 0 Å². The molecule has 1 N–H and O–H groups in total. The molecule has 2 aromatic rings. The fourth-order valence-electron chi connectivity index (χ4n) is 2.28. The molecule has 0 aliphatic heterocycles. The molecule has 0 atom stereocenters. The van der Waals surface area contributed by atoms with Gasteiger partial charge in [0.25, 0.3) is 0 Å². The number of benzene rings is 1. The van der Waals surface area contributed by atoms with E-state index in [1.807, 2.05) is 24.9 Å². The van der Waals surface area contributed by atoms with E-state index >= 15 is 0 Å². The molecule has 4 heteroatoms. The van der Waals surface area contributed by atoms with Crippen LogP contribution in [0.4, 0.5) is 10.1 Å². The van der Waals surface area contributed by atoms with Crippen molar-refractivity contribution in [3.8, 4) is 0 Å². The average Bonchev–Trinajstić information content (AvgIpc) is 2.79. The third kappa shape index (κ3) is 4.33. The van der Waals surface area contributed by atoms with Crippen molar-refractivity contribution < 1.29 is 8.81 Å². The fraction of sp³-hybridized carbons (Fsp3) is 0.412. The van der Waals surface area contributed by atoms with Gasteiger partial charge in [-0.2, -0.15) is 0 Å². The van der Waals surface area contributed by atoms with Crippen LogP contribution in [0, 0.1) is 12.7 Å². The standard InChI is InChI=1S/C17H23FN2O/c1-4-8-19-11-17-9-14(13(2)21-17)12-20(3)16-7-5-6-15(18)10-16/h5-7,9-10,19H,4,8,11-12H2,1-3H3. The predicted molar refractivity (Wildman–Crippen MR) is 83.9 cm³/mol. The highest BCUT2D eigenvalue weighted by Gasteiger charge is 2.10. The average molecular weight is 290 g/mol. The molecule has 0 amide bonds. The Kier molecular flexibility index (Phi) is 5.39. The number of halogens is 1.